The maximum absolute atomic E-state index is 14.1. The molecule has 0 heterocycles. The molecule has 1 unspecified atom stereocenters. The Labute approximate surface area is 129 Å². The molecule has 0 aliphatic rings. The first-order valence-corrected chi connectivity index (χ1v) is 7.28. The van der Waals surface area contributed by atoms with E-state index < -0.39 is 0 Å². The van der Waals surface area contributed by atoms with Crippen LogP contribution in [0, 0.1) is 5.82 Å². The number of nitrogens with one attached hydrogen (secondary N) is 1. The van der Waals surface area contributed by atoms with Gasteiger partial charge in [0.25, 0.3) is 0 Å². The Balaban J connectivity index is 2.42. The number of rotatable bonds is 5. The van der Waals surface area contributed by atoms with Gasteiger partial charge in [0.05, 0.1) is 12.1 Å². The van der Waals surface area contributed by atoms with E-state index in [-0.39, 0.29) is 18.0 Å². The molecule has 0 saturated carbocycles. The molecule has 0 aliphatic carbocycles. The highest BCUT2D eigenvalue weighted by Crippen LogP contribution is 2.31. The summed E-state index contributed by atoms with van der Waals surface area (Å²) in [5.74, 6) is 0.437. The monoisotopic (exact) mass is 307 g/mol. The van der Waals surface area contributed by atoms with Crippen molar-refractivity contribution in [1.29, 1.82) is 0 Å². The molecule has 0 aliphatic heterocycles. The maximum atomic E-state index is 14.1. The van der Waals surface area contributed by atoms with E-state index in [1.807, 2.05) is 38.1 Å². The Kier molecular flexibility index (Phi) is 5.21. The van der Waals surface area contributed by atoms with Gasteiger partial charge in [0.15, 0.2) is 0 Å². The van der Waals surface area contributed by atoms with Crippen molar-refractivity contribution in [2.45, 2.75) is 26.0 Å². The van der Waals surface area contributed by atoms with Crippen LogP contribution in [0.2, 0.25) is 5.02 Å². The summed E-state index contributed by atoms with van der Waals surface area (Å²) in [5.41, 5.74) is 1.35. The lowest BCUT2D eigenvalue weighted by Crippen LogP contribution is -2.19. The van der Waals surface area contributed by atoms with Gasteiger partial charge in [0.1, 0.15) is 11.6 Å². The van der Waals surface area contributed by atoms with E-state index in [9.17, 15) is 4.39 Å². The molecule has 0 aromatic heterocycles. The van der Waals surface area contributed by atoms with E-state index in [1.165, 1.54) is 6.07 Å². The van der Waals surface area contributed by atoms with Crippen LogP contribution in [0.25, 0.3) is 0 Å². The Bertz CT molecular complexity index is 595. The van der Waals surface area contributed by atoms with Gasteiger partial charge in [-0.15, -0.1) is 0 Å². The van der Waals surface area contributed by atoms with Crippen LogP contribution in [0.4, 0.5) is 4.39 Å². The van der Waals surface area contributed by atoms with Crippen LogP contribution in [-0.2, 0) is 0 Å². The minimum atomic E-state index is -0.325. The molecule has 0 saturated heterocycles. The van der Waals surface area contributed by atoms with Gasteiger partial charge in [-0.1, -0.05) is 29.8 Å². The number of hydrogen-bond acceptors (Lipinski definition) is 2. The molecule has 2 aromatic carbocycles. The highest BCUT2D eigenvalue weighted by molar-refractivity contribution is 6.31. The molecule has 0 radical (unpaired) electrons. The summed E-state index contributed by atoms with van der Waals surface area (Å²) in [5, 5.41) is 3.52. The molecule has 0 bridgehead atoms. The van der Waals surface area contributed by atoms with Gasteiger partial charge in [-0.25, -0.2) is 4.39 Å². The molecule has 2 aromatic rings. The average molecular weight is 308 g/mol. The van der Waals surface area contributed by atoms with E-state index in [0.29, 0.717) is 10.6 Å². The second kappa shape index (κ2) is 6.92. The molecular weight excluding hydrogens is 289 g/mol. The Hall–Kier alpha value is -1.58. The summed E-state index contributed by atoms with van der Waals surface area (Å²) >= 11 is 6.17. The lowest BCUT2D eigenvalue weighted by Gasteiger charge is -2.20. The fraction of sp³-hybridized carbons (Fsp3) is 0.294. The van der Waals surface area contributed by atoms with Crippen molar-refractivity contribution < 1.29 is 9.13 Å². The molecule has 4 heteroatoms. The fourth-order valence-corrected chi connectivity index (χ4v) is 2.58. The molecule has 0 spiro atoms. The molecule has 0 amide bonds. The van der Waals surface area contributed by atoms with Crippen molar-refractivity contribution in [3.63, 3.8) is 0 Å². The maximum Gasteiger partial charge on any atom is 0.129 e. The van der Waals surface area contributed by atoms with E-state index in [4.69, 9.17) is 16.3 Å². The van der Waals surface area contributed by atoms with Crippen molar-refractivity contribution in [3.8, 4) is 5.75 Å². The molecule has 2 rings (SSSR count). The fourth-order valence-electron chi connectivity index (χ4n) is 2.30. The highest BCUT2D eigenvalue weighted by atomic mass is 35.5. The zero-order valence-corrected chi connectivity index (χ0v) is 13.1. The average Bonchev–Trinajstić information content (AvgIpc) is 2.42. The largest absolute Gasteiger partial charge is 0.491 e. The van der Waals surface area contributed by atoms with Crippen LogP contribution < -0.4 is 10.1 Å². The third-order valence-corrected chi connectivity index (χ3v) is 3.47. The van der Waals surface area contributed by atoms with Gasteiger partial charge >= 0.3 is 0 Å². The number of ether oxygens (including phenoxy) is 1. The van der Waals surface area contributed by atoms with Crippen molar-refractivity contribution in [2.24, 2.45) is 0 Å². The van der Waals surface area contributed by atoms with Gasteiger partial charge in [-0.05, 0) is 50.7 Å². The Morgan fingerprint density at radius 1 is 1.14 bits per heavy atom. The topological polar surface area (TPSA) is 21.3 Å². The van der Waals surface area contributed by atoms with Crippen LogP contribution in [0.3, 0.4) is 0 Å². The Morgan fingerprint density at radius 2 is 1.86 bits per heavy atom. The molecule has 112 valence electrons. The van der Waals surface area contributed by atoms with Gasteiger partial charge in [-0.2, -0.15) is 0 Å². The summed E-state index contributed by atoms with van der Waals surface area (Å²) in [6.07, 6.45) is 0.0883. The molecule has 1 N–H and O–H groups in total. The van der Waals surface area contributed by atoms with Gasteiger partial charge in [0.2, 0.25) is 0 Å². The first-order valence-electron chi connectivity index (χ1n) is 6.90. The van der Waals surface area contributed by atoms with E-state index in [1.54, 1.807) is 19.2 Å². The van der Waals surface area contributed by atoms with Crippen molar-refractivity contribution >= 4 is 11.6 Å². The summed E-state index contributed by atoms with van der Waals surface area (Å²) in [6.45, 7) is 3.94. The summed E-state index contributed by atoms with van der Waals surface area (Å²) in [4.78, 5) is 0. The minimum absolute atomic E-state index is 0.0883. The smallest absolute Gasteiger partial charge is 0.129 e. The van der Waals surface area contributed by atoms with E-state index in [2.05, 4.69) is 5.32 Å². The Morgan fingerprint density at radius 3 is 2.48 bits per heavy atom. The molecular formula is C17H19ClFNO. The van der Waals surface area contributed by atoms with Crippen LogP contribution >= 0.6 is 11.6 Å². The van der Waals surface area contributed by atoms with Gasteiger partial charge in [-0.3, -0.25) is 0 Å². The first kappa shape index (κ1) is 15.8. The van der Waals surface area contributed by atoms with Crippen molar-refractivity contribution in [2.75, 3.05) is 7.05 Å². The normalized spacial score (nSPS) is 12.5. The zero-order valence-electron chi connectivity index (χ0n) is 12.4. The lowest BCUT2D eigenvalue weighted by atomic mass is 9.98. The van der Waals surface area contributed by atoms with Gasteiger partial charge < -0.3 is 10.1 Å². The van der Waals surface area contributed by atoms with E-state index >= 15 is 0 Å². The summed E-state index contributed by atoms with van der Waals surface area (Å²) in [7, 11) is 1.78. The number of benzene rings is 2. The van der Waals surface area contributed by atoms with E-state index in [0.717, 1.165) is 11.3 Å². The number of hydrogen-bond donors (Lipinski definition) is 1. The molecule has 2 nitrogen and oxygen atoms in total. The zero-order chi connectivity index (χ0) is 15.4. The van der Waals surface area contributed by atoms with Crippen LogP contribution in [0.1, 0.15) is 31.0 Å². The summed E-state index contributed by atoms with van der Waals surface area (Å²) < 4.78 is 19.8. The van der Waals surface area contributed by atoms with Crippen LogP contribution in [0.5, 0.6) is 5.75 Å². The minimum Gasteiger partial charge on any atom is -0.491 e. The lowest BCUT2D eigenvalue weighted by molar-refractivity contribution is 0.242. The second-order valence-corrected chi connectivity index (χ2v) is 5.50. The quantitative estimate of drug-likeness (QED) is 0.873. The van der Waals surface area contributed by atoms with Crippen molar-refractivity contribution in [3.05, 3.63) is 64.4 Å². The SMILES string of the molecule is CNC(c1cccc(OC(C)C)c1)c1c(F)cccc1Cl. The van der Waals surface area contributed by atoms with Crippen molar-refractivity contribution in [1.82, 2.24) is 5.32 Å². The highest BCUT2D eigenvalue weighted by Gasteiger charge is 2.19. The predicted molar refractivity (Wildman–Crippen MR) is 84.5 cm³/mol. The second-order valence-electron chi connectivity index (χ2n) is 5.10. The molecule has 0 fully saturated rings. The standard InChI is InChI=1S/C17H19ClFNO/c1-11(2)21-13-7-4-6-12(10-13)17(20-3)16-14(18)8-5-9-15(16)19/h4-11,17,20H,1-3H3. The predicted octanol–water partition coefficient (Wildman–Crippen LogP) is 4.58. The van der Waals surface area contributed by atoms with Crippen LogP contribution in [0.15, 0.2) is 42.5 Å². The third kappa shape index (κ3) is 3.74. The first-order chi connectivity index (χ1) is 10.0. The number of halogens is 2. The molecule has 21 heavy (non-hydrogen) atoms. The van der Waals surface area contributed by atoms with Gasteiger partial charge in [0, 0.05) is 10.6 Å². The van der Waals surface area contributed by atoms with Crippen LogP contribution in [-0.4, -0.2) is 13.2 Å². The molecule has 1 atom stereocenters. The summed E-state index contributed by atoms with van der Waals surface area (Å²) in [6, 6.07) is 12.0. The third-order valence-electron chi connectivity index (χ3n) is 3.14.